The van der Waals surface area contributed by atoms with Gasteiger partial charge in [-0.3, -0.25) is 0 Å². The predicted octanol–water partition coefficient (Wildman–Crippen LogP) is 4.89. The molecule has 0 heterocycles. The predicted molar refractivity (Wildman–Crippen MR) is 89.7 cm³/mol. The van der Waals surface area contributed by atoms with Crippen molar-refractivity contribution in [2.75, 3.05) is 10.6 Å². The van der Waals surface area contributed by atoms with Gasteiger partial charge in [-0.05, 0) is 54.6 Å². The zero-order valence-electron chi connectivity index (χ0n) is 12.9. The van der Waals surface area contributed by atoms with Crippen molar-refractivity contribution in [1.82, 2.24) is 0 Å². The topological polar surface area (TPSA) is 29.3 Å². The highest BCUT2D eigenvalue weighted by molar-refractivity contribution is 5.60. The lowest BCUT2D eigenvalue weighted by Gasteiger charge is -2.22. The largest absolute Gasteiger partial charge is 0.399 e. The average molecular weight is 286 g/mol. The standard InChI is InChI=1S/C16H17FN2.C2H6/c1-3-19(11-13-5-4-6-14(17)10-13)16-8-7-15(18)9-12(16)2;1-2/h3-10H,1,11,18H2,2H3;1-2H3. The zero-order valence-corrected chi connectivity index (χ0v) is 12.9. The van der Waals surface area contributed by atoms with Crippen molar-refractivity contribution in [3.05, 3.63) is 72.2 Å². The van der Waals surface area contributed by atoms with Crippen LogP contribution in [0.5, 0.6) is 0 Å². The summed E-state index contributed by atoms with van der Waals surface area (Å²) in [5.41, 5.74) is 9.47. The van der Waals surface area contributed by atoms with Gasteiger partial charge in [0.25, 0.3) is 0 Å². The summed E-state index contributed by atoms with van der Waals surface area (Å²) in [7, 11) is 0. The molecule has 21 heavy (non-hydrogen) atoms. The molecule has 0 fully saturated rings. The fourth-order valence-corrected chi connectivity index (χ4v) is 2.08. The van der Waals surface area contributed by atoms with E-state index in [1.165, 1.54) is 12.1 Å². The van der Waals surface area contributed by atoms with Crippen LogP contribution in [0.25, 0.3) is 0 Å². The minimum Gasteiger partial charge on any atom is -0.399 e. The molecule has 0 amide bonds. The second-order valence-electron chi connectivity index (χ2n) is 4.49. The highest BCUT2D eigenvalue weighted by Crippen LogP contribution is 2.24. The Morgan fingerprint density at radius 1 is 1.19 bits per heavy atom. The summed E-state index contributed by atoms with van der Waals surface area (Å²) >= 11 is 0. The Bertz CT molecular complexity index is 594. The minimum atomic E-state index is -0.226. The maximum atomic E-state index is 13.2. The SMILES string of the molecule is C=CN(Cc1cccc(F)c1)c1ccc(N)cc1C.CC. The highest BCUT2D eigenvalue weighted by Gasteiger charge is 2.07. The van der Waals surface area contributed by atoms with E-state index >= 15 is 0 Å². The second-order valence-corrected chi connectivity index (χ2v) is 4.49. The number of rotatable bonds is 4. The van der Waals surface area contributed by atoms with Crippen LogP contribution in [-0.2, 0) is 6.54 Å². The number of nitrogens with two attached hydrogens (primary N) is 1. The van der Waals surface area contributed by atoms with Crippen molar-refractivity contribution in [1.29, 1.82) is 0 Å². The monoisotopic (exact) mass is 286 g/mol. The molecule has 2 N–H and O–H groups in total. The summed E-state index contributed by atoms with van der Waals surface area (Å²) in [6, 6.07) is 12.3. The van der Waals surface area contributed by atoms with Crippen LogP contribution < -0.4 is 10.6 Å². The molecule has 0 aliphatic heterocycles. The van der Waals surface area contributed by atoms with Gasteiger partial charge in [-0.15, -0.1) is 0 Å². The molecule has 0 atom stereocenters. The first-order chi connectivity index (χ1) is 10.1. The molecular weight excluding hydrogens is 263 g/mol. The van der Waals surface area contributed by atoms with Crippen molar-refractivity contribution in [3.8, 4) is 0 Å². The first-order valence-corrected chi connectivity index (χ1v) is 7.10. The summed E-state index contributed by atoms with van der Waals surface area (Å²) in [6.07, 6.45) is 1.74. The van der Waals surface area contributed by atoms with Crippen LogP contribution in [-0.4, -0.2) is 0 Å². The third-order valence-corrected chi connectivity index (χ3v) is 2.99. The smallest absolute Gasteiger partial charge is 0.123 e. The number of hydrogen-bond acceptors (Lipinski definition) is 2. The highest BCUT2D eigenvalue weighted by atomic mass is 19.1. The van der Waals surface area contributed by atoms with E-state index in [9.17, 15) is 4.39 Å². The molecule has 0 radical (unpaired) electrons. The van der Waals surface area contributed by atoms with Gasteiger partial charge in [-0.2, -0.15) is 0 Å². The Labute approximate surface area is 126 Å². The Kier molecular flexibility index (Phi) is 6.47. The molecule has 112 valence electrons. The Morgan fingerprint density at radius 2 is 1.90 bits per heavy atom. The lowest BCUT2D eigenvalue weighted by Crippen LogP contribution is -2.16. The molecule has 0 aliphatic rings. The number of nitrogen functional groups attached to an aromatic ring is 1. The van der Waals surface area contributed by atoms with Crippen LogP contribution in [0.4, 0.5) is 15.8 Å². The molecule has 0 aliphatic carbocycles. The maximum absolute atomic E-state index is 13.2. The number of halogens is 1. The number of benzene rings is 2. The zero-order chi connectivity index (χ0) is 15.8. The van der Waals surface area contributed by atoms with E-state index in [2.05, 4.69) is 6.58 Å². The van der Waals surface area contributed by atoms with Crippen molar-refractivity contribution < 1.29 is 4.39 Å². The van der Waals surface area contributed by atoms with Crippen LogP contribution in [0.15, 0.2) is 55.2 Å². The molecule has 3 heteroatoms. The molecule has 0 unspecified atom stereocenters. The molecule has 0 bridgehead atoms. The van der Waals surface area contributed by atoms with Crippen LogP contribution in [0.2, 0.25) is 0 Å². The van der Waals surface area contributed by atoms with E-state index < -0.39 is 0 Å². The quantitative estimate of drug-likeness (QED) is 0.811. The number of nitrogens with zero attached hydrogens (tertiary/aromatic N) is 1. The van der Waals surface area contributed by atoms with Gasteiger partial charge in [0.15, 0.2) is 0 Å². The first-order valence-electron chi connectivity index (χ1n) is 7.10. The summed E-state index contributed by atoms with van der Waals surface area (Å²) in [4.78, 5) is 1.98. The van der Waals surface area contributed by atoms with Gasteiger partial charge in [-0.1, -0.05) is 32.6 Å². The lowest BCUT2D eigenvalue weighted by atomic mass is 10.1. The molecule has 0 saturated carbocycles. The number of anilines is 2. The molecular formula is C18H23FN2. The summed E-state index contributed by atoms with van der Waals surface area (Å²) in [5, 5.41) is 0. The van der Waals surface area contributed by atoms with E-state index in [4.69, 9.17) is 5.73 Å². The summed E-state index contributed by atoms with van der Waals surface area (Å²) < 4.78 is 13.2. The molecule has 2 aromatic carbocycles. The Hall–Kier alpha value is -2.29. The van der Waals surface area contributed by atoms with Crippen molar-refractivity contribution in [2.24, 2.45) is 0 Å². The van der Waals surface area contributed by atoms with Gasteiger partial charge in [0, 0.05) is 17.9 Å². The van der Waals surface area contributed by atoms with Crippen molar-refractivity contribution in [2.45, 2.75) is 27.3 Å². The molecule has 0 aromatic heterocycles. The van der Waals surface area contributed by atoms with Crippen molar-refractivity contribution in [3.63, 3.8) is 0 Å². The molecule has 0 saturated heterocycles. The normalized spacial score (nSPS) is 9.52. The van der Waals surface area contributed by atoms with E-state index in [0.717, 1.165) is 22.5 Å². The third-order valence-electron chi connectivity index (χ3n) is 2.99. The van der Waals surface area contributed by atoms with Gasteiger partial charge in [0.05, 0.1) is 0 Å². The molecule has 2 nitrogen and oxygen atoms in total. The first kappa shape index (κ1) is 16.8. The van der Waals surface area contributed by atoms with Gasteiger partial charge < -0.3 is 10.6 Å². The second kappa shape index (κ2) is 8.10. The van der Waals surface area contributed by atoms with Crippen LogP contribution >= 0.6 is 0 Å². The Balaban J connectivity index is 0.00000106. The molecule has 2 aromatic rings. The van der Waals surface area contributed by atoms with Crippen LogP contribution in [0.3, 0.4) is 0 Å². The fraction of sp³-hybridized carbons (Fsp3) is 0.222. The van der Waals surface area contributed by atoms with Gasteiger partial charge >= 0.3 is 0 Å². The average Bonchev–Trinajstić information content (AvgIpc) is 2.47. The number of hydrogen-bond donors (Lipinski definition) is 1. The number of aryl methyl sites for hydroxylation is 1. The third kappa shape index (κ3) is 4.63. The van der Waals surface area contributed by atoms with Gasteiger partial charge in [0.1, 0.15) is 5.82 Å². The van der Waals surface area contributed by atoms with E-state index in [-0.39, 0.29) is 5.82 Å². The Morgan fingerprint density at radius 3 is 2.48 bits per heavy atom. The van der Waals surface area contributed by atoms with Gasteiger partial charge in [0.2, 0.25) is 0 Å². The maximum Gasteiger partial charge on any atom is 0.123 e. The fourth-order valence-electron chi connectivity index (χ4n) is 2.08. The molecule has 2 rings (SSSR count). The van der Waals surface area contributed by atoms with Crippen molar-refractivity contribution >= 4 is 11.4 Å². The van der Waals surface area contributed by atoms with Crippen LogP contribution in [0.1, 0.15) is 25.0 Å². The summed E-state index contributed by atoms with van der Waals surface area (Å²) in [6.45, 7) is 10.4. The summed E-state index contributed by atoms with van der Waals surface area (Å²) in [5.74, 6) is -0.226. The minimum absolute atomic E-state index is 0.226. The lowest BCUT2D eigenvalue weighted by molar-refractivity contribution is 0.625. The van der Waals surface area contributed by atoms with E-state index in [0.29, 0.717) is 6.54 Å². The van der Waals surface area contributed by atoms with E-state index in [1.807, 2.05) is 49.9 Å². The van der Waals surface area contributed by atoms with Gasteiger partial charge in [-0.25, -0.2) is 4.39 Å². The molecule has 0 spiro atoms. The van der Waals surface area contributed by atoms with E-state index in [1.54, 1.807) is 12.3 Å². The van der Waals surface area contributed by atoms with Crippen LogP contribution in [0, 0.1) is 12.7 Å².